The molecule has 15 heavy (non-hydrogen) atoms. The molecule has 1 aromatic rings. The SMILES string of the molecule is NC(=O)c1c(C(=O)O)cccc1[N+](=O)[O-]. The van der Waals surface area contributed by atoms with Crippen LogP contribution in [0.5, 0.6) is 0 Å². The van der Waals surface area contributed by atoms with E-state index in [1.807, 2.05) is 0 Å². The van der Waals surface area contributed by atoms with Crippen LogP contribution in [0.3, 0.4) is 0 Å². The van der Waals surface area contributed by atoms with E-state index in [1.54, 1.807) is 0 Å². The molecule has 1 aromatic carbocycles. The van der Waals surface area contributed by atoms with Gasteiger partial charge in [0.1, 0.15) is 5.56 Å². The first kappa shape index (κ1) is 10.6. The summed E-state index contributed by atoms with van der Waals surface area (Å²) in [4.78, 5) is 31.2. The number of rotatable bonds is 3. The minimum atomic E-state index is -1.44. The largest absolute Gasteiger partial charge is 0.478 e. The zero-order valence-corrected chi connectivity index (χ0v) is 7.34. The molecule has 0 atom stereocenters. The molecule has 7 heteroatoms. The van der Waals surface area contributed by atoms with Crippen molar-refractivity contribution in [2.45, 2.75) is 0 Å². The molecular formula is C8H6N2O5. The maximum atomic E-state index is 10.9. The number of hydrogen-bond acceptors (Lipinski definition) is 4. The number of aromatic carboxylic acids is 1. The lowest BCUT2D eigenvalue weighted by Crippen LogP contribution is -2.18. The number of benzene rings is 1. The number of primary amides is 1. The van der Waals surface area contributed by atoms with Gasteiger partial charge in [-0.05, 0) is 6.07 Å². The molecule has 7 nitrogen and oxygen atoms in total. The Morgan fingerprint density at radius 2 is 2.00 bits per heavy atom. The van der Waals surface area contributed by atoms with Crippen LogP contribution < -0.4 is 5.73 Å². The molecular weight excluding hydrogens is 204 g/mol. The first-order valence-electron chi connectivity index (χ1n) is 3.75. The Kier molecular flexibility index (Phi) is 2.65. The molecule has 0 saturated heterocycles. The number of hydrogen-bond donors (Lipinski definition) is 2. The molecule has 0 unspecified atom stereocenters. The Morgan fingerprint density at radius 3 is 2.40 bits per heavy atom. The van der Waals surface area contributed by atoms with Gasteiger partial charge in [-0.3, -0.25) is 14.9 Å². The van der Waals surface area contributed by atoms with Gasteiger partial charge in [0.25, 0.3) is 11.6 Å². The van der Waals surface area contributed by atoms with Crippen molar-refractivity contribution >= 4 is 17.6 Å². The van der Waals surface area contributed by atoms with Gasteiger partial charge in [0.2, 0.25) is 0 Å². The number of nitro groups is 1. The maximum absolute atomic E-state index is 10.9. The Bertz CT molecular complexity index is 422. The van der Waals surface area contributed by atoms with Gasteiger partial charge in [-0.25, -0.2) is 4.79 Å². The summed E-state index contributed by atoms with van der Waals surface area (Å²) in [5.41, 5.74) is 3.21. The zero-order chi connectivity index (χ0) is 11.6. The normalized spacial score (nSPS) is 9.60. The highest BCUT2D eigenvalue weighted by Gasteiger charge is 2.24. The average Bonchev–Trinajstić information content (AvgIpc) is 2.16. The van der Waals surface area contributed by atoms with Crippen LogP contribution in [0, 0.1) is 10.1 Å². The second kappa shape index (κ2) is 3.74. The quantitative estimate of drug-likeness (QED) is 0.551. The lowest BCUT2D eigenvalue weighted by Gasteiger charge is -2.02. The highest BCUT2D eigenvalue weighted by Crippen LogP contribution is 2.21. The number of carboxylic acid groups (broad SMARTS) is 1. The van der Waals surface area contributed by atoms with Gasteiger partial charge < -0.3 is 10.8 Å². The molecule has 78 valence electrons. The third kappa shape index (κ3) is 1.90. The second-order valence-electron chi connectivity index (χ2n) is 2.63. The molecule has 0 fully saturated rings. The molecule has 1 rings (SSSR count). The molecule has 0 aliphatic carbocycles. The monoisotopic (exact) mass is 210 g/mol. The Morgan fingerprint density at radius 1 is 1.40 bits per heavy atom. The van der Waals surface area contributed by atoms with E-state index in [4.69, 9.17) is 10.8 Å². The maximum Gasteiger partial charge on any atom is 0.336 e. The number of nitrogens with zero attached hydrogens (tertiary/aromatic N) is 1. The van der Waals surface area contributed by atoms with Crippen LogP contribution in [0.1, 0.15) is 20.7 Å². The van der Waals surface area contributed by atoms with Gasteiger partial charge in [0.15, 0.2) is 0 Å². The van der Waals surface area contributed by atoms with Crippen molar-refractivity contribution in [1.29, 1.82) is 0 Å². The molecule has 0 aromatic heterocycles. The standard InChI is InChI=1S/C8H6N2O5/c9-7(11)6-4(8(12)13)2-1-3-5(6)10(14)15/h1-3H,(H2,9,11)(H,12,13). The number of carbonyl (C=O) groups excluding carboxylic acids is 1. The fourth-order valence-electron chi connectivity index (χ4n) is 1.13. The van der Waals surface area contributed by atoms with E-state index in [0.29, 0.717) is 0 Å². The van der Waals surface area contributed by atoms with Crippen molar-refractivity contribution in [1.82, 2.24) is 0 Å². The molecule has 0 heterocycles. The van der Waals surface area contributed by atoms with Gasteiger partial charge in [-0.15, -0.1) is 0 Å². The molecule has 3 N–H and O–H groups in total. The minimum Gasteiger partial charge on any atom is -0.478 e. The first-order chi connectivity index (χ1) is 6.95. The second-order valence-corrected chi connectivity index (χ2v) is 2.63. The smallest absolute Gasteiger partial charge is 0.336 e. The molecule has 0 spiro atoms. The predicted octanol–water partition coefficient (Wildman–Crippen LogP) is 0.392. The topological polar surface area (TPSA) is 124 Å². The van der Waals surface area contributed by atoms with Gasteiger partial charge >= 0.3 is 5.97 Å². The summed E-state index contributed by atoms with van der Waals surface area (Å²) in [6, 6.07) is 3.27. The van der Waals surface area contributed by atoms with Gasteiger partial charge in [-0.1, -0.05) is 6.07 Å². The van der Waals surface area contributed by atoms with Crippen LogP contribution in [0.2, 0.25) is 0 Å². The Balaban J connectivity index is 3.56. The number of nitro benzene ring substituents is 1. The summed E-state index contributed by atoms with van der Waals surface area (Å²) in [7, 11) is 0. The number of carbonyl (C=O) groups is 2. The lowest BCUT2D eigenvalue weighted by atomic mass is 10.1. The molecule has 0 radical (unpaired) electrons. The van der Waals surface area contributed by atoms with Crippen molar-refractivity contribution in [3.63, 3.8) is 0 Å². The number of carboxylic acids is 1. The van der Waals surface area contributed by atoms with Gasteiger partial charge in [-0.2, -0.15) is 0 Å². The minimum absolute atomic E-state index is 0.475. The fourth-order valence-corrected chi connectivity index (χ4v) is 1.13. The highest BCUT2D eigenvalue weighted by atomic mass is 16.6. The molecule has 1 amide bonds. The molecule has 0 aliphatic rings. The highest BCUT2D eigenvalue weighted by molar-refractivity contribution is 6.07. The average molecular weight is 210 g/mol. The van der Waals surface area contributed by atoms with E-state index < -0.39 is 33.6 Å². The fraction of sp³-hybridized carbons (Fsp3) is 0. The van der Waals surface area contributed by atoms with E-state index >= 15 is 0 Å². The summed E-state index contributed by atoms with van der Waals surface area (Å²) in [6.45, 7) is 0. The lowest BCUT2D eigenvalue weighted by molar-refractivity contribution is -0.385. The van der Waals surface area contributed by atoms with Crippen LogP contribution in [0.25, 0.3) is 0 Å². The predicted molar refractivity (Wildman–Crippen MR) is 48.6 cm³/mol. The van der Waals surface area contributed by atoms with Crippen molar-refractivity contribution in [3.05, 3.63) is 39.4 Å². The van der Waals surface area contributed by atoms with Gasteiger partial charge in [0.05, 0.1) is 10.5 Å². The Labute approximate surface area is 83.3 Å². The number of nitrogens with two attached hydrogens (primary N) is 1. The summed E-state index contributed by atoms with van der Waals surface area (Å²) >= 11 is 0. The third-order valence-corrected chi connectivity index (χ3v) is 1.72. The molecule has 0 bridgehead atoms. The van der Waals surface area contributed by atoms with Crippen molar-refractivity contribution < 1.29 is 19.6 Å². The van der Waals surface area contributed by atoms with Crippen molar-refractivity contribution in [2.75, 3.05) is 0 Å². The van der Waals surface area contributed by atoms with E-state index in [1.165, 1.54) is 6.07 Å². The van der Waals surface area contributed by atoms with Gasteiger partial charge in [0, 0.05) is 6.07 Å². The van der Waals surface area contributed by atoms with Crippen LogP contribution in [0.4, 0.5) is 5.69 Å². The van der Waals surface area contributed by atoms with Crippen LogP contribution in [-0.2, 0) is 0 Å². The van der Waals surface area contributed by atoms with Crippen LogP contribution in [-0.4, -0.2) is 21.9 Å². The van der Waals surface area contributed by atoms with E-state index in [2.05, 4.69) is 0 Å². The van der Waals surface area contributed by atoms with Crippen LogP contribution in [0.15, 0.2) is 18.2 Å². The van der Waals surface area contributed by atoms with E-state index in [9.17, 15) is 19.7 Å². The van der Waals surface area contributed by atoms with E-state index in [-0.39, 0.29) is 0 Å². The zero-order valence-electron chi connectivity index (χ0n) is 7.34. The van der Waals surface area contributed by atoms with E-state index in [0.717, 1.165) is 12.1 Å². The molecule has 0 aliphatic heterocycles. The summed E-state index contributed by atoms with van der Waals surface area (Å²) in [5.74, 6) is -2.58. The van der Waals surface area contributed by atoms with Crippen LogP contribution >= 0.6 is 0 Å². The first-order valence-corrected chi connectivity index (χ1v) is 3.75. The van der Waals surface area contributed by atoms with Crippen molar-refractivity contribution in [3.8, 4) is 0 Å². The summed E-state index contributed by atoms with van der Waals surface area (Å²) in [6.07, 6.45) is 0. The third-order valence-electron chi connectivity index (χ3n) is 1.72. The summed E-state index contributed by atoms with van der Waals surface area (Å²) in [5, 5.41) is 19.2. The number of amides is 1. The van der Waals surface area contributed by atoms with Crippen molar-refractivity contribution in [2.24, 2.45) is 5.73 Å². The molecule has 0 saturated carbocycles. The summed E-state index contributed by atoms with van der Waals surface area (Å²) < 4.78 is 0. The Hall–Kier alpha value is -2.44.